The molecule has 0 atom stereocenters. The van der Waals surface area contributed by atoms with Crippen molar-refractivity contribution >= 4 is 233 Å². The summed E-state index contributed by atoms with van der Waals surface area (Å²) in [5.74, 6) is -3.45. The molecule has 668 valence electrons. The van der Waals surface area contributed by atoms with Gasteiger partial charge in [0.15, 0.2) is 0 Å². The van der Waals surface area contributed by atoms with Crippen molar-refractivity contribution in [2.45, 2.75) is 12.8 Å². The fraction of sp³-hybridized carbons (Fsp3) is 0.121. The first-order valence-corrected chi connectivity index (χ1v) is 42.9. The van der Waals surface area contributed by atoms with Crippen molar-refractivity contribution < 1.29 is 47.1 Å². The van der Waals surface area contributed by atoms with E-state index in [1.807, 2.05) is 14.7 Å². The number of carbonyl (C=O) groups excluding carboxylic acids is 8. The lowest BCUT2D eigenvalue weighted by Crippen LogP contribution is -2.42. The average Bonchev–Trinajstić information content (AvgIpc) is 1.79. The van der Waals surface area contributed by atoms with Gasteiger partial charge in [-0.05, 0) is 183 Å². The number of rotatable bonds is 20. The van der Waals surface area contributed by atoms with Crippen molar-refractivity contribution in [3.63, 3.8) is 0 Å². The second-order valence-electron chi connectivity index (χ2n) is 28.8. The Hall–Kier alpha value is -13.2. The van der Waals surface area contributed by atoms with Crippen molar-refractivity contribution in [3.05, 3.63) is 348 Å². The molecule has 3 aliphatic rings. The molecule has 40 heteroatoms. The number of benzene rings is 8. The van der Waals surface area contributed by atoms with E-state index in [1.165, 1.54) is 122 Å². The molecule has 0 saturated carbocycles. The van der Waals surface area contributed by atoms with E-state index >= 15 is 0 Å². The zero-order valence-corrected chi connectivity index (χ0v) is 76.3. The summed E-state index contributed by atoms with van der Waals surface area (Å²) in [6, 6.07) is 48.1. The summed E-state index contributed by atoms with van der Waals surface area (Å²) in [7, 11) is 5.17. The van der Waals surface area contributed by atoms with Gasteiger partial charge in [0.2, 0.25) is 0 Å². The topological polar surface area (TPSA) is 381 Å². The van der Waals surface area contributed by atoms with Crippen LogP contribution in [0.3, 0.4) is 0 Å². The summed E-state index contributed by atoms with van der Waals surface area (Å²) in [4.78, 5) is 130. The van der Waals surface area contributed by atoms with Crippen LogP contribution in [0.25, 0.3) is 0 Å². The molecule has 131 heavy (non-hydrogen) atoms. The van der Waals surface area contributed by atoms with Crippen LogP contribution in [0.15, 0.2) is 224 Å². The first-order valence-electron chi connectivity index (χ1n) is 39.1. The van der Waals surface area contributed by atoms with Gasteiger partial charge in [-0.3, -0.25) is 59.6 Å². The third kappa shape index (κ3) is 25.9. The molecular weight excluding hydrogens is 1890 g/mol. The van der Waals surface area contributed by atoms with Gasteiger partial charge in [-0.1, -0.05) is 140 Å². The molecule has 7 heterocycles. The number of nitrogens with one attached hydrogen (secondary N) is 11. The SMILES string of the molecule is CN=C(c1ccc(C(=O)Nc2ccc(Cl)cc2C(=O)Nc2ccc(Cl)cn2)c(F)c1)N(C)C.N=C(c1ccc(C(=O)Nc2ccc(Cl)cc2C(=O)Nc2ccc(Cl)cn2)c(Cl)c1)N1CC1.N=C(c1ccc(C(=O)Nc2ccc(Cl)cc2C(=O)Nc2ccc(Cl)cn2)c(Cl)c1)N1CCC1.N=C(c1ccc(C(=O)Nc2ccc(Cl)cc2C(=O)Nc2ccc(Cl)cn2)c(F)c1)N1CCC1. The first-order chi connectivity index (χ1) is 62.6. The Kier molecular flexibility index (Phi) is 32.8. The van der Waals surface area contributed by atoms with E-state index in [-0.39, 0.29) is 105 Å². The second-order valence-corrected chi connectivity index (χ2v) is 33.1. The number of halogens is 12. The number of amides is 8. The van der Waals surface area contributed by atoms with Crippen LogP contribution in [-0.2, 0) is 0 Å². The molecule has 28 nitrogen and oxygen atoms in total. The van der Waals surface area contributed by atoms with Gasteiger partial charge < -0.3 is 62.1 Å². The highest BCUT2D eigenvalue weighted by molar-refractivity contribution is 6.37. The number of aliphatic imine (C=N–C) groups is 1. The van der Waals surface area contributed by atoms with Crippen LogP contribution >= 0.6 is 116 Å². The Labute approximate surface area is 797 Å². The Morgan fingerprint density at radius 1 is 0.305 bits per heavy atom. The van der Waals surface area contributed by atoms with Crippen molar-refractivity contribution in [2.75, 3.05) is 103 Å². The number of amidine groups is 4. The predicted octanol–water partition coefficient (Wildman–Crippen LogP) is 20.8. The number of aromatic nitrogens is 4. The molecule has 8 aromatic carbocycles. The van der Waals surface area contributed by atoms with Gasteiger partial charge in [0.05, 0.1) is 97.4 Å². The van der Waals surface area contributed by atoms with E-state index in [0.29, 0.717) is 81.5 Å². The van der Waals surface area contributed by atoms with Gasteiger partial charge in [-0.2, -0.15) is 0 Å². The van der Waals surface area contributed by atoms with Crippen LogP contribution in [0.4, 0.5) is 54.8 Å². The van der Waals surface area contributed by atoms with E-state index in [2.05, 4.69) is 67.5 Å². The summed E-state index contributed by atoms with van der Waals surface area (Å²) in [5.41, 5.74) is 3.49. The number of likely N-dealkylation sites (tertiary alicyclic amines) is 2. The number of hydrogen-bond acceptors (Lipinski definition) is 16. The van der Waals surface area contributed by atoms with Crippen molar-refractivity contribution in [3.8, 4) is 0 Å². The summed E-state index contributed by atoms with van der Waals surface area (Å²) >= 11 is 60.2. The fourth-order valence-electron chi connectivity index (χ4n) is 12.4. The lowest BCUT2D eigenvalue weighted by Gasteiger charge is -2.33. The van der Waals surface area contributed by atoms with Gasteiger partial charge >= 0.3 is 0 Å². The predicted molar refractivity (Wildman–Crippen MR) is 513 cm³/mol. The minimum atomic E-state index is -0.763. The maximum Gasteiger partial charge on any atom is 0.258 e. The molecule has 4 aromatic heterocycles. The molecule has 0 bridgehead atoms. The second kappa shape index (κ2) is 44.4. The highest BCUT2D eigenvalue weighted by atomic mass is 35.5. The molecule has 12 aromatic rings. The molecule has 0 radical (unpaired) electrons. The standard InChI is InChI=1S/C23H18Cl3N5O2.C23H18Cl2FN5O2.C23H20Cl2FN5O2.C22H16Cl3N5O2/c2*24-14-3-6-19(17(11-14)23(33)30-20-7-4-15(25)12-28-20)29-22(32)16-5-2-13(10-18(16)26)21(27)31-8-1-9-31;1-27-21(31(2)3)13-4-7-16(18(26)10-13)22(32)29-19-8-5-14(24)11-17(19)23(33)30-20-9-6-15(25)12-28-20;23-13-2-5-18(16(10-13)22(32)29-19-6-3-14(24)11-27-19)28-21(31)15-4-1-12(9-17(15)25)20(26)30-7-8-30/h2*2-7,10-12,27H,1,8-9H2,(H,29,32)(H,28,30,33);4-12H,1-3H3,(H,29,32)(H,28,30,33);1-6,9-11,26H,7-8H2,(H,28,31)(H,27,29,32). The number of nitrogens with zero attached hydrogens (tertiary/aromatic N) is 9. The molecule has 0 aliphatic carbocycles. The average molecular weight is 1970 g/mol. The van der Waals surface area contributed by atoms with Crippen molar-refractivity contribution in [2.24, 2.45) is 4.99 Å². The van der Waals surface area contributed by atoms with E-state index in [1.54, 1.807) is 117 Å². The molecule has 0 unspecified atom stereocenters. The number of pyridine rings is 4. The molecule has 3 saturated heterocycles. The maximum absolute atomic E-state index is 14.8. The highest BCUT2D eigenvalue weighted by Gasteiger charge is 2.29. The Bertz CT molecular complexity index is 6300. The number of carbonyl (C=O) groups is 8. The van der Waals surface area contributed by atoms with Gasteiger partial charge in [0.25, 0.3) is 47.3 Å². The summed E-state index contributed by atoms with van der Waals surface area (Å²) in [5, 5.41) is 48.8. The van der Waals surface area contributed by atoms with Crippen LogP contribution in [-0.4, -0.2) is 171 Å². The monoisotopic (exact) mass is 1960 g/mol. The lowest BCUT2D eigenvalue weighted by atomic mass is 10.1. The van der Waals surface area contributed by atoms with Gasteiger partial charge in [0.1, 0.15) is 58.2 Å². The van der Waals surface area contributed by atoms with Crippen LogP contribution in [0.1, 0.15) is 118 Å². The molecule has 0 spiro atoms. The quantitative estimate of drug-likeness (QED) is 0.0192. The van der Waals surface area contributed by atoms with Crippen LogP contribution < -0.4 is 42.5 Å². The number of anilines is 8. The van der Waals surface area contributed by atoms with Crippen LogP contribution in [0, 0.1) is 27.9 Å². The van der Waals surface area contributed by atoms with Gasteiger partial charge in [0, 0.05) is 128 Å². The highest BCUT2D eigenvalue weighted by Crippen LogP contribution is 2.32. The maximum atomic E-state index is 14.8. The van der Waals surface area contributed by atoms with Crippen molar-refractivity contribution in [1.29, 1.82) is 16.2 Å². The normalized spacial score (nSPS) is 12.2. The molecule has 8 amide bonds. The first kappa shape index (κ1) is 96.8. The molecular formula is C91H72Cl10F2N20O8. The Morgan fingerprint density at radius 3 is 0.786 bits per heavy atom. The van der Waals surface area contributed by atoms with Gasteiger partial charge in [-0.25, -0.2) is 28.7 Å². The third-order valence-corrected chi connectivity index (χ3v) is 21.9. The van der Waals surface area contributed by atoms with Crippen molar-refractivity contribution in [1.82, 2.24) is 39.5 Å². The smallest absolute Gasteiger partial charge is 0.258 e. The third-order valence-electron chi connectivity index (χ3n) is 19.5. The van der Waals surface area contributed by atoms with E-state index < -0.39 is 58.9 Å². The Balaban J connectivity index is 0.000000158. The van der Waals surface area contributed by atoms with E-state index in [0.717, 1.165) is 58.2 Å². The molecule has 11 N–H and O–H groups in total. The summed E-state index contributed by atoms with van der Waals surface area (Å²) in [6.07, 6.45) is 7.63. The Morgan fingerprint density at radius 2 is 0.550 bits per heavy atom. The lowest BCUT2D eigenvalue weighted by molar-refractivity contribution is 0.100. The summed E-state index contributed by atoms with van der Waals surface area (Å²) in [6.45, 7) is 4.87. The molecule has 3 fully saturated rings. The zero-order chi connectivity index (χ0) is 94.0. The van der Waals surface area contributed by atoms with E-state index in [9.17, 15) is 47.1 Å². The zero-order valence-electron chi connectivity index (χ0n) is 68.8. The largest absolute Gasteiger partial charge is 0.363 e. The molecule has 3 aliphatic heterocycles. The summed E-state index contributed by atoms with van der Waals surface area (Å²) < 4.78 is 29.4. The van der Waals surface area contributed by atoms with Gasteiger partial charge in [-0.15, -0.1) is 0 Å². The van der Waals surface area contributed by atoms with Crippen LogP contribution in [0.2, 0.25) is 50.2 Å². The van der Waals surface area contributed by atoms with Crippen LogP contribution in [0.5, 0.6) is 0 Å². The van der Waals surface area contributed by atoms with E-state index in [4.69, 9.17) is 132 Å². The molecule has 15 rings (SSSR count). The fourth-order valence-corrected chi connectivity index (χ4v) is 14.1. The minimum absolute atomic E-state index is 0.0733. The minimum Gasteiger partial charge on any atom is -0.363 e. The number of hydrogen-bond donors (Lipinski definition) is 11.